The van der Waals surface area contributed by atoms with Gasteiger partial charge in [0.25, 0.3) is 11.8 Å². The summed E-state index contributed by atoms with van der Waals surface area (Å²) in [6, 6.07) is 7.14. The molecule has 2 amide bonds. The average molecular weight is 543 g/mol. The largest absolute Gasteiger partial charge is 0.475 e. The highest BCUT2D eigenvalue weighted by molar-refractivity contribution is 6.30. The molecule has 37 heavy (non-hydrogen) atoms. The molecule has 2 N–H and O–H groups in total. The van der Waals surface area contributed by atoms with Gasteiger partial charge in [0.2, 0.25) is 0 Å². The Hall–Kier alpha value is -3.08. The lowest BCUT2D eigenvalue weighted by atomic mass is 9.96. The van der Waals surface area contributed by atoms with E-state index in [1.165, 1.54) is 24.4 Å². The number of carbonyl (C=O) groups excluding carboxylic acids is 2. The van der Waals surface area contributed by atoms with Gasteiger partial charge in [0.1, 0.15) is 12.4 Å². The molecule has 2 aliphatic heterocycles. The monoisotopic (exact) mass is 542 g/mol. The number of pyridine rings is 1. The van der Waals surface area contributed by atoms with Gasteiger partial charge in [0.15, 0.2) is 17.2 Å². The molecule has 1 aromatic carbocycles. The normalized spacial score (nSPS) is 21.5. The number of piperidine rings is 1. The lowest BCUT2D eigenvalue weighted by molar-refractivity contribution is -0.135. The van der Waals surface area contributed by atoms with Crippen molar-refractivity contribution in [3.05, 3.63) is 52.9 Å². The summed E-state index contributed by atoms with van der Waals surface area (Å²) < 4.78 is 56.8. The summed E-state index contributed by atoms with van der Waals surface area (Å²) in [6.45, 7) is 1.72. The Labute approximate surface area is 216 Å². The van der Waals surface area contributed by atoms with Crippen LogP contribution in [0.5, 0.6) is 5.75 Å². The fraction of sp³-hybridized carbons (Fsp3) is 0.480. The predicted octanol–water partition coefficient (Wildman–Crippen LogP) is 4.64. The summed E-state index contributed by atoms with van der Waals surface area (Å²) in [5.74, 6) is -1.31. The molecule has 0 aliphatic carbocycles. The van der Waals surface area contributed by atoms with Crippen LogP contribution < -0.4 is 20.3 Å². The molecule has 12 heteroatoms. The van der Waals surface area contributed by atoms with Crippen molar-refractivity contribution in [3.8, 4) is 5.75 Å². The third-order valence-corrected chi connectivity index (χ3v) is 6.83. The number of aromatic nitrogens is 1. The van der Waals surface area contributed by atoms with Crippen molar-refractivity contribution in [3.63, 3.8) is 0 Å². The maximum atomic E-state index is 14.2. The summed E-state index contributed by atoms with van der Waals surface area (Å²) in [5, 5.41) is 5.08. The van der Waals surface area contributed by atoms with Crippen molar-refractivity contribution in [1.82, 2.24) is 15.6 Å². The molecule has 7 nitrogen and oxygen atoms in total. The van der Waals surface area contributed by atoms with Crippen LogP contribution in [0.3, 0.4) is 0 Å². The highest BCUT2D eigenvalue weighted by atomic mass is 35.5. The number of anilines is 1. The Kier molecular flexibility index (Phi) is 7.55. The van der Waals surface area contributed by atoms with Crippen molar-refractivity contribution < 1.29 is 31.9 Å². The number of rotatable bonds is 7. The van der Waals surface area contributed by atoms with Crippen LogP contribution in [0.1, 0.15) is 49.9 Å². The number of ether oxygens (including phenoxy) is 1. The quantitative estimate of drug-likeness (QED) is 0.498. The van der Waals surface area contributed by atoms with Crippen LogP contribution >= 0.6 is 11.6 Å². The number of amides is 2. The van der Waals surface area contributed by atoms with Crippen LogP contribution in [0.25, 0.3) is 0 Å². The number of fused-ring (bicyclic) bond motifs is 2. The van der Waals surface area contributed by atoms with E-state index >= 15 is 0 Å². The third-order valence-electron chi connectivity index (χ3n) is 6.60. The summed E-state index contributed by atoms with van der Waals surface area (Å²) in [7, 11) is 0. The summed E-state index contributed by atoms with van der Waals surface area (Å²) in [6.07, 6.45) is -0.128. The lowest BCUT2D eigenvalue weighted by Gasteiger charge is -2.40. The molecule has 2 aliphatic rings. The molecule has 2 aromatic rings. The Bertz CT molecular complexity index is 1150. The molecule has 2 fully saturated rings. The smallest absolute Gasteiger partial charge is 0.405 e. The van der Waals surface area contributed by atoms with Gasteiger partial charge in [-0.3, -0.25) is 9.59 Å². The van der Waals surface area contributed by atoms with Crippen LogP contribution in [-0.4, -0.2) is 53.2 Å². The molecule has 2 saturated heterocycles. The number of hydrogen-bond donors (Lipinski definition) is 2. The van der Waals surface area contributed by atoms with E-state index in [1.54, 1.807) is 19.9 Å². The summed E-state index contributed by atoms with van der Waals surface area (Å²) >= 11 is 5.78. The maximum absolute atomic E-state index is 14.2. The molecule has 1 unspecified atom stereocenters. The number of benzene rings is 1. The molecular weight excluding hydrogens is 516 g/mol. The first-order chi connectivity index (χ1) is 17.3. The molecular formula is C25H27ClF4N4O3. The van der Waals surface area contributed by atoms with Crippen molar-refractivity contribution in [2.75, 3.05) is 11.4 Å². The van der Waals surface area contributed by atoms with Gasteiger partial charge in [0.05, 0.1) is 5.56 Å². The zero-order valence-electron chi connectivity index (χ0n) is 20.2. The van der Waals surface area contributed by atoms with E-state index in [2.05, 4.69) is 15.2 Å². The molecule has 2 bridgehead atoms. The van der Waals surface area contributed by atoms with Gasteiger partial charge in [-0.15, -0.1) is 0 Å². The SMILES string of the molecule is CC(C)(Oc1ccc(Cl)cc1F)C(=O)NC1C[C@H]2CC[C@@H](C1)N2c1ccc(C(=O)NCC(F)(F)F)cn1. The predicted molar refractivity (Wildman–Crippen MR) is 129 cm³/mol. The number of alkyl halides is 3. The Morgan fingerprint density at radius 3 is 2.38 bits per heavy atom. The zero-order chi connectivity index (χ0) is 27.0. The van der Waals surface area contributed by atoms with Crippen LogP contribution in [0.15, 0.2) is 36.5 Å². The van der Waals surface area contributed by atoms with Gasteiger partial charge in [-0.05, 0) is 69.9 Å². The fourth-order valence-electron chi connectivity index (χ4n) is 4.86. The first kappa shape index (κ1) is 27.0. The van der Waals surface area contributed by atoms with Crippen molar-refractivity contribution >= 4 is 29.2 Å². The lowest BCUT2D eigenvalue weighted by Crippen LogP contribution is -2.55. The molecule has 200 valence electrons. The van der Waals surface area contributed by atoms with E-state index < -0.39 is 30.0 Å². The molecule has 0 spiro atoms. The molecule has 3 heterocycles. The zero-order valence-corrected chi connectivity index (χ0v) is 21.0. The van der Waals surface area contributed by atoms with Gasteiger partial charge in [-0.1, -0.05) is 11.6 Å². The Morgan fingerprint density at radius 1 is 1.14 bits per heavy atom. The van der Waals surface area contributed by atoms with E-state index in [4.69, 9.17) is 16.3 Å². The Morgan fingerprint density at radius 2 is 1.81 bits per heavy atom. The van der Waals surface area contributed by atoms with Crippen LogP contribution in [-0.2, 0) is 4.79 Å². The number of nitrogens with zero attached hydrogens (tertiary/aromatic N) is 2. The molecule has 0 saturated carbocycles. The van der Waals surface area contributed by atoms with E-state index in [-0.39, 0.29) is 40.4 Å². The second-order valence-electron chi connectivity index (χ2n) is 9.82. The van der Waals surface area contributed by atoms with Gasteiger partial charge < -0.3 is 20.3 Å². The number of nitrogens with one attached hydrogen (secondary N) is 2. The maximum Gasteiger partial charge on any atom is 0.405 e. The summed E-state index contributed by atoms with van der Waals surface area (Å²) in [4.78, 5) is 31.4. The minimum absolute atomic E-state index is 0.0434. The fourth-order valence-corrected chi connectivity index (χ4v) is 5.02. The van der Waals surface area contributed by atoms with Crippen LogP contribution in [0.4, 0.5) is 23.4 Å². The van der Waals surface area contributed by atoms with E-state index in [1.807, 2.05) is 5.32 Å². The van der Waals surface area contributed by atoms with Crippen LogP contribution in [0, 0.1) is 5.82 Å². The summed E-state index contributed by atoms with van der Waals surface area (Å²) in [5.41, 5.74) is -1.28. The van der Waals surface area contributed by atoms with E-state index in [0.717, 1.165) is 18.9 Å². The van der Waals surface area contributed by atoms with Gasteiger partial charge in [0, 0.05) is 29.3 Å². The number of carbonyl (C=O) groups is 2. The molecule has 3 atom stereocenters. The first-order valence-corrected chi connectivity index (χ1v) is 12.2. The number of halogens is 5. The highest BCUT2D eigenvalue weighted by Gasteiger charge is 2.43. The van der Waals surface area contributed by atoms with Crippen molar-refractivity contribution in [2.45, 2.75) is 69.4 Å². The first-order valence-electron chi connectivity index (χ1n) is 11.9. The molecule has 1 aromatic heterocycles. The van der Waals surface area contributed by atoms with Gasteiger partial charge in [-0.25, -0.2) is 9.37 Å². The number of hydrogen-bond acceptors (Lipinski definition) is 5. The highest BCUT2D eigenvalue weighted by Crippen LogP contribution is 2.39. The molecule has 0 radical (unpaired) electrons. The third kappa shape index (κ3) is 6.44. The van der Waals surface area contributed by atoms with E-state index in [0.29, 0.717) is 18.7 Å². The Balaban J connectivity index is 1.35. The minimum atomic E-state index is -4.49. The minimum Gasteiger partial charge on any atom is -0.475 e. The standard InChI is InChI=1S/C25H27ClF4N4O3/c1-24(2,37-20-7-4-15(26)9-19(20)27)23(36)33-16-10-17-5-6-18(11-16)34(17)21-8-3-14(12-31-21)22(35)32-13-25(28,29)30/h3-4,7-9,12,16-18H,5-6,10-11,13H2,1-2H3,(H,32,35)(H,33,36)/t16?,17-,18+. The second kappa shape index (κ2) is 10.4. The topological polar surface area (TPSA) is 83.6 Å². The van der Waals surface area contributed by atoms with Crippen LogP contribution in [0.2, 0.25) is 5.02 Å². The molecule has 4 rings (SSSR count). The average Bonchev–Trinajstić information content (AvgIpc) is 3.09. The van der Waals surface area contributed by atoms with E-state index in [9.17, 15) is 27.2 Å². The van der Waals surface area contributed by atoms with Crippen molar-refractivity contribution in [2.24, 2.45) is 0 Å². The van der Waals surface area contributed by atoms with Gasteiger partial charge in [-0.2, -0.15) is 13.2 Å². The second-order valence-corrected chi connectivity index (χ2v) is 10.3. The van der Waals surface area contributed by atoms with Crippen molar-refractivity contribution in [1.29, 1.82) is 0 Å². The van der Waals surface area contributed by atoms with Gasteiger partial charge >= 0.3 is 6.18 Å².